The summed E-state index contributed by atoms with van der Waals surface area (Å²) in [7, 11) is -1.64. The van der Waals surface area contributed by atoms with Gasteiger partial charge >= 0.3 is 0 Å². The summed E-state index contributed by atoms with van der Waals surface area (Å²) >= 11 is 0. The zero-order valence-corrected chi connectivity index (χ0v) is 13.6. The van der Waals surface area contributed by atoms with Gasteiger partial charge in [-0.2, -0.15) is 0 Å². The van der Waals surface area contributed by atoms with Gasteiger partial charge in [-0.25, -0.2) is 12.8 Å². The van der Waals surface area contributed by atoms with Crippen LogP contribution in [0.2, 0.25) is 0 Å². The Kier molecular flexibility index (Phi) is 4.14. The first-order valence-corrected chi connectivity index (χ1v) is 9.29. The predicted octanol–water partition coefficient (Wildman–Crippen LogP) is 1.97. The first-order valence-electron chi connectivity index (χ1n) is 7.47. The zero-order valence-electron chi connectivity index (χ0n) is 12.8. The van der Waals surface area contributed by atoms with Crippen LogP contribution in [0.3, 0.4) is 0 Å². The third kappa shape index (κ3) is 3.24. The lowest BCUT2D eigenvalue weighted by molar-refractivity contribution is 0.387. The quantitative estimate of drug-likeness (QED) is 0.858. The second-order valence-corrected chi connectivity index (χ2v) is 8.20. The lowest BCUT2D eigenvalue weighted by atomic mass is 10.1. The van der Waals surface area contributed by atoms with Gasteiger partial charge in [0.1, 0.15) is 0 Å². The van der Waals surface area contributed by atoms with Gasteiger partial charge < -0.3 is 9.30 Å². The molecule has 0 amide bonds. The number of aromatic nitrogens is 1. The van der Waals surface area contributed by atoms with Crippen LogP contribution in [-0.4, -0.2) is 31.6 Å². The van der Waals surface area contributed by atoms with Crippen molar-refractivity contribution in [2.24, 2.45) is 5.92 Å². The molecule has 124 valence electrons. The molecule has 2 heterocycles. The van der Waals surface area contributed by atoms with Gasteiger partial charge in [-0.1, -0.05) is 0 Å². The first kappa shape index (κ1) is 16.0. The molecule has 1 saturated heterocycles. The largest absolute Gasteiger partial charge is 0.494 e. The summed E-state index contributed by atoms with van der Waals surface area (Å²) in [4.78, 5) is 12.5. The SMILES string of the molecule is COc1cc2ccn(CC3CCCS(=O)(=O)C3)c(=O)c2cc1F. The average Bonchev–Trinajstić information content (AvgIpc) is 2.49. The van der Waals surface area contributed by atoms with E-state index in [0.29, 0.717) is 18.4 Å². The van der Waals surface area contributed by atoms with E-state index in [4.69, 9.17) is 4.74 Å². The number of sulfone groups is 1. The van der Waals surface area contributed by atoms with Gasteiger partial charge in [0.25, 0.3) is 5.56 Å². The standard InChI is InChI=1S/C16H18FNO4S/c1-22-15-7-12-4-5-18(16(19)13(12)8-14(15)17)9-11-3-2-6-23(20,21)10-11/h4-5,7-8,11H,2-3,6,9-10H2,1H3. The molecule has 1 aromatic heterocycles. The summed E-state index contributed by atoms with van der Waals surface area (Å²) in [6.45, 7) is 0.335. The Hall–Kier alpha value is -1.89. The fourth-order valence-electron chi connectivity index (χ4n) is 3.12. The second kappa shape index (κ2) is 5.96. The minimum atomic E-state index is -3.02. The smallest absolute Gasteiger partial charge is 0.258 e. The topological polar surface area (TPSA) is 65.4 Å². The zero-order chi connectivity index (χ0) is 16.6. The Labute approximate surface area is 133 Å². The van der Waals surface area contributed by atoms with Crippen molar-refractivity contribution in [3.05, 3.63) is 40.6 Å². The maximum absolute atomic E-state index is 13.8. The monoisotopic (exact) mass is 339 g/mol. The maximum Gasteiger partial charge on any atom is 0.258 e. The Balaban J connectivity index is 1.96. The van der Waals surface area contributed by atoms with Crippen molar-refractivity contribution < 1.29 is 17.5 Å². The van der Waals surface area contributed by atoms with Gasteiger partial charge in [-0.15, -0.1) is 0 Å². The highest BCUT2D eigenvalue weighted by Crippen LogP contribution is 2.23. The molecule has 0 radical (unpaired) electrons. The highest BCUT2D eigenvalue weighted by molar-refractivity contribution is 7.91. The van der Waals surface area contributed by atoms with Crippen LogP contribution in [0.5, 0.6) is 5.75 Å². The first-order chi connectivity index (χ1) is 10.9. The molecular formula is C16H18FNO4S. The highest BCUT2D eigenvalue weighted by Gasteiger charge is 2.25. The average molecular weight is 339 g/mol. The number of halogens is 1. The normalized spacial score (nSPS) is 20.5. The fraction of sp³-hybridized carbons (Fsp3) is 0.438. The number of hydrogen-bond donors (Lipinski definition) is 0. The van der Waals surface area contributed by atoms with Crippen molar-refractivity contribution in [3.8, 4) is 5.75 Å². The molecule has 0 bridgehead atoms. The lowest BCUT2D eigenvalue weighted by Gasteiger charge is -2.22. The molecule has 1 atom stereocenters. The highest BCUT2D eigenvalue weighted by atomic mass is 32.2. The Bertz CT molecular complexity index is 904. The van der Waals surface area contributed by atoms with Crippen LogP contribution >= 0.6 is 0 Å². The van der Waals surface area contributed by atoms with E-state index in [1.807, 2.05) is 0 Å². The van der Waals surface area contributed by atoms with Gasteiger partial charge in [0.05, 0.1) is 24.0 Å². The number of benzene rings is 1. The summed E-state index contributed by atoms with van der Waals surface area (Å²) in [6.07, 6.45) is 3.03. The lowest BCUT2D eigenvalue weighted by Crippen LogP contribution is -2.31. The number of rotatable bonds is 3. The van der Waals surface area contributed by atoms with Crippen LogP contribution in [0.25, 0.3) is 10.8 Å². The minimum absolute atomic E-state index is 0.0769. The van der Waals surface area contributed by atoms with E-state index in [0.717, 1.165) is 6.42 Å². The molecule has 1 aliphatic rings. The molecule has 0 N–H and O–H groups in total. The molecule has 1 aliphatic heterocycles. The van der Waals surface area contributed by atoms with Crippen LogP contribution in [0.4, 0.5) is 4.39 Å². The van der Waals surface area contributed by atoms with E-state index in [1.165, 1.54) is 23.8 Å². The van der Waals surface area contributed by atoms with Crippen molar-refractivity contribution in [3.63, 3.8) is 0 Å². The van der Waals surface area contributed by atoms with Crippen molar-refractivity contribution >= 4 is 20.6 Å². The molecule has 1 unspecified atom stereocenters. The van der Waals surface area contributed by atoms with Gasteiger partial charge in [0.2, 0.25) is 0 Å². The Morgan fingerprint density at radius 1 is 1.39 bits per heavy atom. The maximum atomic E-state index is 13.8. The number of fused-ring (bicyclic) bond motifs is 1. The Morgan fingerprint density at radius 2 is 2.17 bits per heavy atom. The predicted molar refractivity (Wildman–Crippen MR) is 86.1 cm³/mol. The van der Waals surface area contributed by atoms with Gasteiger partial charge in [0, 0.05) is 12.7 Å². The number of ether oxygens (including phenoxy) is 1. The third-order valence-corrected chi connectivity index (χ3v) is 6.15. The molecule has 0 spiro atoms. The molecule has 0 saturated carbocycles. The molecule has 1 aromatic carbocycles. The molecule has 23 heavy (non-hydrogen) atoms. The number of pyridine rings is 1. The van der Waals surface area contributed by atoms with E-state index in [2.05, 4.69) is 0 Å². The van der Waals surface area contributed by atoms with Crippen LogP contribution in [0.1, 0.15) is 12.8 Å². The third-order valence-electron chi connectivity index (χ3n) is 4.26. The van der Waals surface area contributed by atoms with Crippen LogP contribution < -0.4 is 10.3 Å². The van der Waals surface area contributed by atoms with E-state index in [-0.39, 0.29) is 34.1 Å². The van der Waals surface area contributed by atoms with Crippen LogP contribution in [0.15, 0.2) is 29.2 Å². The summed E-state index contributed by atoms with van der Waals surface area (Å²) < 4.78 is 43.7. The van der Waals surface area contributed by atoms with E-state index in [9.17, 15) is 17.6 Å². The van der Waals surface area contributed by atoms with Gasteiger partial charge in [-0.3, -0.25) is 4.79 Å². The van der Waals surface area contributed by atoms with Crippen LogP contribution in [0, 0.1) is 11.7 Å². The number of nitrogens with zero attached hydrogens (tertiary/aromatic N) is 1. The van der Waals surface area contributed by atoms with Crippen molar-refractivity contribution in [1.82, 2.24) is 4.57 Å². The van der Waals surface area contributed by atoms with Crippen LogP contribution in [-0.2, 0) is 16.4 Å². The van der Waals surface area contributed by atoms with Crippen molar-refractivity contribution in [2.75, 3.05) is 18.6 Å². The molecule has 1 fully saturated rings. The molecule has 7 heteroatoms. The summed E-state index contributed by atoms with van der Waals surface area (Å²) in [5.74, 6) is -0.245. The van der Waals surface area contributed by atoms with Crippen molar-refractivity contribution in [2.45, 2.75) is 19.4 Å². The van der Waals surface area contributed by atoms with Gasteiger partial charge in [-0.05, 0) is 42.3 Å². The molecular weight excluding hydrogens is 321 g/mol. The number of methoxy groups -OCH3 is 1. The van der Waals surface area contributed by atoms with E-state index < -0.39 is 15.7 Å². The molecule has 3 rings (SSSR count). The molecule has 2 aromatic rings. The summed E-state index contributed by atoms with van der Waals surface area (Å²) in [5, 5.41) is 0.866. The summed E-state index contributed by atoms with van der Waals surface area (Å²) in [5.41, 5.74) is -0.313. The minimum Gasteiger partial charge on any atom is -0.494 e. The Morgan fingerprint density at radius 3 is 2.87 bits per heavy atom. The molecule has 0 aliphatic carbocycles. The second-order valence-electron chi connectivity index (χ2n) is 5.97. The van der Waals surface area contributed by atoms with Crippen molar-refractivity contribution in [1.29, 1.82) is 0 Å². The summed E-state index contributed by atoms with van der Waals surface area (Å²) in [6, 6.07) is 4.38. The fourth-order valence-corrected chi connectivity index (χ4v) is 4.89. The molecule has 5 nitrogen and oxygen atoms in total. The van der Waals surface area contributed by atoms with E-state index in [1.54, 1.807) is 12.3 Å². The number of hydrogen-bond acceptors (Lipinski definition) is 4. The van der Waals surface area contributed by atoms with E-state index >= 15 is 0 Å². The van der Waals surface area contributed by atoms with Gasteiger partial charge in [0.15, 0.2) is 21.4 Å².